The van der Waals surface area contributed by atoms with Crippen molar-refractivity contribution >= 4 is 23.4 Å². The Kier molecular flexibility index (Phi) is 4.42. The molecule has 1 rings (SSSR count). The van der Waals surface area contributed by atoms with Gasteiger partial charge in [0.25, 0.3) is 5.69 Å². The fourth-order valence-electron chi connectivity index (χ4n) is 1.43. The van der Waals surface area contributed by atoms with Gasteiger partial charge < -0.3 is 10.5 Å². The number of anilines is 1. The van der Waals surface area contributed by atoms with Gasteiger partial charge >= 0.3 is 5.97 Å². The van der Waals surface area contributed by atoms with Crippen LogP contribution in [0.3, 0.4) is 0 Å². The van der Waals surface area contributed by atoms with Gasteiger partial charge in [-0.3, -0.25) is 14.9 Å². The van der Waals surface area contributed by atoms with Crippen LogP contribution in [0.4, 0.5) is 11.4 Å². The van der Waals surface area contributed by atoms with Gasteiger partial charge in [0.2, 0.25) is 0 Å². The summed E-state index contributed by atoms with van der Waals surface area (Å²) in [5.41, 5.74) is 6.89. The van der Waals surface area contributed by atoms with Crippen molar-refractivity contribution in [2.45, 2.75) is 13.3 Å². The highest BCUT2D eigenvalue weighted by Gasteiger charge is 2.13. The van der Waals surface area contributed by atoms with Crippen LogP contribution in [-0.2, 0) is 9.53 Å². The number of nitro benzene ring substituents is 1. The molecule has 0 saturated heterocycles. The number of nitro groups is 1. The molecule has 0 atom stereocenters. The second-order valence-electron chi connectivity index (χ2n) is 3.71. The van der Waals surface area contributed by atoms with Gasteiger partial charge in [-0.05, 0) is 24.1 Å². The number of aryl methyl sites for hydroxylation is 1. The molecular weight excluding hydrogens is 236 g/mol. The molecule has 0 fully saturated rings. The molecule has 2 N–H and O–H groups in total. The number of hydrogen-bond acceptors (Lipinski definition) is 5. The van der Waals surface area contributed by atoms with Crippen molar-refractivity contribution in [3.05, 3.63) is 39.4 Å². The largest absolute Gasteiger partial charge is 0.469 e. The van der Waals surface area contributed by atoms with Gasteiger partial charge in [-0.15, -0.1) is 0 Å². The number of nitrogens with two attached hydrogens (primary N) is 1. The molecular formula is C12H14N2O4. The zero-order valence-electron chi connectivity index (χ0n) is 10.2. The number of benzene rings is 1. The number of esters is 1. The number of carbonyl (C=O) groups is 1. The molecule has 1 aromatic rings. The van der Waals surface area contributed by atoms with E-state index < -0.39 is 4.92 Å². The van der Waals surface area contributed by atoms with E-state index in [1.807, 2.05) is 0 Å². The first-order chi connectivity index (χ1) is 8.45. The van der Waals surface area contributed by atoms with Crippen LogP contribution in [0.1, 0.15) is 17.5 Å². The number of rotatable bonds is 4. The SMILES string of the molecule is COC(=O)CC=Cc1cc(C)c(N)c([N+](=O)[O-])c1. The van der Waals surface area contributed by atoms with Crippen molar-refractivity contribution in [3.63, 3.8) is 0 Å². The summed E-state index contributed by atoms with van der Waals surface area (Å²) < 4.78 is 4.47. The zero-order valence-corrected chi connectivity index (χ0v) is 10.2. The first-order valence-electron chi connectivity index (χ1n) is 5.23. The van der Waals surface area contributed by atoms with E-state index in [1.165, 1.54) is 13.2 Å². The maximum absolute atomic E-state index is 10.9. The zero-order chi connectivity index (χ0) is 13.7. The normalized spacial score (nSPS) is 10.6. The van der Waals surface area contributed by atoms with Crippen molar-refractivity contribution < 1.29 is 14.5 Å². The highest BCUT2D eigenvalue weighted by Crippen LogP contribution is 2.27. The maximum Gasteiger partial charge on any atom is 0.309 e. The van der Waals surface area contributed by atoms with Crippen LogP contribution in [-0.4, -0.2) is 18.0 Å². The van der Waals surface area contributed by atoms with Crippen LogP contribution in [0.15, 0.2) is 18.2 Å². The van der Waals surface area contributed by atoms with Crippen LogP contribution in [0.5, 0.6) is 0 Å². The molecule has 0 aliphatic carbocycles. The van der Waals surface area contributed by atoms with Crippen molar-refractivity contribution in [2.24, 2.45) is 0 Å². The molecule has 0 radical (unpaired) electrons. The van der Waals surface area contributed by atoms with E-state index in [9.17, 15) is 14.9 Å². The lowest BCUT2D eigenvalue weighted by Gasteiger charge is -2.03. The predicted molar refractivity (Wildman–Crippen MR) is 67.9 cm³/mol. The minimum atomic E-state index is -0.528. The first-order valence-corrected chi connectivity index (χ1v) is 5.23. The van der Waals surface area contributed by atoms with Gasteiger partial charge in [0.15, 0.2) is 0 Å². The smallest absolute Gasteiger partial charge is 0.309 e. The topological polar surface area (TPSA) is 95.5 Å². The third kappa shape index (κ3) is 3.31. The third-order valence-electron chi connectivity index (χ3n) is 2.41. The van der Waals surface area contributed by atoms with Crippen molar-refractivity contribution in [1.82, 2.24) is 0 Å². The summed E-state index contributed by atoms with van der Waals surface area (Å²) in [5.74, 6) is -0.368. The first kappa shape index (κ1) is 13.7. The number of ether oxygens (including phenoxy) is 1. The lowest BCUT2D eigenvalue weighted by molar-refractivity contribution is -0.383. The summed E-state index contributed by atoms with van der Waals surface area (Å²) in [6.07, 6.45) is 3.32. The Balaban J connectivity index is 2.97. The molecule has 0 spiro atoms. The van der Waals surface area contributed by atoms with Crippen LogP contribution in [0.2, 0.25) is 0 Å². The van der Waals surface area contributed by atoms with Gasteiger partial charge in [-0.1, -0.05) is 12.2 Å². The molecule has 0 heterocycles. The molecule has 18 heavy (non-hydrogen) atoms. The highest BCUT2D eigenvalue weighted by molar-refractivity contribution is 5.73. The number of nitrogens with zero attached hydrogens (tertiary/aromatic N) is 1. The fourth-order valence-corrected chi connectivity index (χ4v) is 1.43. The van der Waals surface area contributed by atoms with Gasteiger partial charge in [0.05, 0.1) is 18.5 Å². The van der Waals surface area contributed by atoms with Crippen LogP contribution in [0.25, 0.3) is 6.08 Å². The van der Waals surface area contributed by atoms with Crippen molar-refractivity contribution in [3.8, 4) is 0 Å². The minimum absolute atomic E-state index is 0.119. The summed E-state index contributed by atoms with van der Waals surface area (Å²) in [5, 5.41) is 10.8. The van der Waals surface area contributed by atoms with E-state index in [4.69, 9.17) is 5.73 Å². The summed E-state index contributed by atoms with van der Waals surface area (Å²) in [7, 11) is 1.30. The standard InChI is InChI=1S/C12H14N2O4/c1-8-6-9(4-3-5-11(15)18-2)7-10(12(8)13)14(16)17/h3-4,6-7H,5,13H2,1-2H3. The van der Waals surface area contributed by atoms with Crippen molar-refractivity contribution in [2.75, 3.05) is 12.8 Å². The van der Waals surface area contributed by atoms with Crippen molar-refractivity contribution in [1.29, 1.82) is 0 Å². The molecule has 0 aliphatic rings. The molecule has 0 aromatic heterocycles. The lowest BCUT2D eigenvalue weighted by atomic mass is 10.1. The summed E-state index contributed by atoms with van der Waals surface area (Å²) >= 11 is 0. The minimum Gasteiger partial charge on any atom is -0.469 e. The number of methoxy groups -OCH3 is 1. The number of carbonyl (C=O) groups excluding carboxylic acids is 1. The molecule has 0 saturated carbocycles. The highest BCUT2D eigenvalue weighted by atomic mass is 16.6. The van der Waals surface area contributed by atoms with E-state index in [0.717, 1.165) is 0 Å². The summed E-state index contributed by atoms with van der Waals surface area (Å²) in [4.78, 5) is 21.2. The Bertz CT molecular complexity index is 509. The molecule has 0 unspecified atom stereocenters. The van der Waals surface area contributed by atoms with E-state index in [1.54, 1.807) is 25.1 Å². The maximum atomic E-state index is 10.9. The molecule has 6 nitrogen and oxygen atoms in total. The van der Waals surface area contributed by atoms with Gasteiger partial charge in [0.1, 0.15) is 5.69 Å². The van der Waals surface area contributed by atoms with Gasteiger partial charge in [-0.2, -0.15) is 0 Å². The van der Waals surface area contributed by atoms with Crippen LogP contribution < -0.4 is 5.73 Å². The molecule has 6 heteroatoms. The lowest BCUT2D eigenvalue weighted by Crippen LogP contribution is -1.99. The second kappa shape index (κ2) is 5.81. The fraction of sp³-hybridized carbons (Fsp3) is 0.250. The third-order valence-corrected chi connectivity index (χ3v) is 2.41. The van der Waals surface area contributed by atoms with E-state index >= 15 is 0 Å². The predicted octanol–water partition coefficient (Wildman–Crippen LogP) is 2.06. The number of hydrogen-bond donors (Lipinski definition) is 1. The Hall–Kier alpha value is -2.37. The van der Waals surface area contributed by atoms with E-state index in [0.29, 0.717) is 11.1 Å². The Labute approximate surface area is 104 Å². The number of nitrogen functional groups attached to an aromatic ring is 1. The quantitative estimate of drug-likeness (QED) is 0.382. The molecule has 0 amide bonds. The average Bonchev–Trinajstić information content (AvgIpc) is 2.32. The Morgan fingerprint density at radius 3 is 2.78 bits per heavy atom. The summed E-state index contributed by atoms with van der Waals surface area (Å²) in [6.45, 7) is 1.69. The average molecular weight is 250 g/mol. The molecule has 0 bridgehead atoms. The Morgan fingerprint density at radius 2 is 2.22 bits per heavy atom. The van der Waals surface area contributed by atoms with Gasteiger partial charge in [0, 0.05) is 6.07 Å². The Morgan fingerprint density at radius 1 is 1.56 bits per heavy atom. The second-order valence-corrected chi connectivity index (χ2v) is 3.71. The van der Waals surface area contributed by atoms with E-state index in [2.05, 4.69) is 4.74 Å². The molecule has 0 aliphatic heterocycles. The monoisotopic (exact) mass is 250 g/mol. The van der Waals surface area contributed by atoms with E-state index in [-0.39, 0.29) is 23.8 Å². The molecule has 1 aromatic carbocycles. The van der Waals surface area contributed by atoms with Gasteiger partial charge in [-0.25, -0.2) is 0 Å². The van der Waals surface area contributed by atoms with Crippen LogP contribution in [0, 0.1) is 17.0 Å². The molecule has 96 valence electrons. The summed E-state index contributed by atoms with van der Waals surface area (Å²) in [6, 6.07) is 3.09. The van der Waals surface area contributed by atoms with Crippen LogP contribution >= 0.6 is 0 Å².